The zero-order valence-electron chi connectivity index (χ0n) is 14.3. The van der Waals surface area contributed by atoms with Gasteiger partial charge in [-0.05, 0) is 48.0 Å². The average Bonchev–Trinajstić information content (AvgIpc) is 3.08. The predicted octanol–water partition coefficient (Wildman–Crippen LogP) is 2.20. The van der Waals surface area contributed by atoms with Gasteiger partial charge in [0, 0.05) is 30.1 Å². The molecule has 1 aliphatic heterocycles. The fourth-order valence-corrected chi connectivity index (χ4v) is 2.88. The van der Waals surface area contributed by atoms with Crippen molar-refractivity contribution in [1.82, 2.24) is 10.6 Å². The number of rotatable bonds is 6. The number of methoxy groups -OCH3 is 1. The maximum atomic E-state index is 12.2. The van der Waals surface area contributed by atoms with Crippen LogP contribution >= 0.6 is 11.6 Å². The second-order valence-corrected chi connectivity index (χ2v) is 6.27. The highest BCUT2D eigenvalue weighted by Crippen LogP contribution is 2.31. The number of hydrogen-bond donors (Lipinski definition) is 2. The minimum atomic E-state index is -0.569. The third kappa shape index (κ3) is 4.26. The lowest BCUT2D eigenvalue weighted by Crippen LogP contribution is -2.41. The van der Waals surface area contributed by atoms with E-state index in [9.17, 15) is 9.59 Å². The molecule has 2 N–H and O–H groups in total. The van der Waals surface area contributed by atoms with Crippen molar-refractivity contribution in [1.29, 1.82) is 0 Å². The zero-order chi connectivity index (χ0) is 18.5. The molecule has 1 aliphatic rings. The largest absolute Gasteiger partial charge is 0.497 e. The van der Waals surface area contributed by atoms with Gasteiger partial charge in [0.2, 0.25) is 0 Å². The molecular weight excluding hydrogens is 356 g/mol. The van der Waals surface area contributed by atoms with Crippen molar-refractivity contribution < 1.29 is 19.1 Å². The summed E-state index contributed by atoms with van der Waals surface area (Å²) in [6.45, 7) is 0.639. The predicted molar refractivity (Wildman–Crippen MR) is 97.9 cm³/mol. The zero-order valence-corrected chi connectivity index (χ0v) is 15.0. The number of carbonyl (C=O) groups excluding carboxylic acids is 2. The first kappa shape index (κ1) is 18.1. The van der Waals surface area contributed by atoms with Crippen LogP contribution in [-0.2, 0) is 11.2 Å². The number of nitrogens with one attached hydrogen (secondary N) is 2. The number of fused-ring (bicyclic) bond motifs is 1. The van der Waals surface area contributed by atoms with Crippen LogP contribution in [0.2, 0.25) is 5.02 Å². The van der Waals surface area contributed by atoms with Crippen molar-refractivity contribution in [3.63, 3.8) is 0 Å². The van der Waals surface area contributed by atoms with Crippen molar-refractivity contribution in [3.05, 3.63) is 58.6 Å². The van der Waals surface area contributed by atoms with Crippen LogP contribution in [0, 0.1) is 0 Å². The third-order valence-electron chi connectivity index (χ3n) is 4.05. The molecule has 1 unspecified atom stereocenters. The quantitative estimate of drug-likeness (QED) is 0.760. The normalized spacial score (nSPS) is 14.9. The average molecular weight is 375 g/mol. The van der Waals surface area contributed by atoms with Gasteiger partial charge in [0.1, 0.15) is 11.5 Å². The Morgan fingerprint density at radius 1 is 1.15 bits per heavy atom. The van der Waals surface area contributed by atoms with E-state index in [2.05, 4.69) is 10.6 Å². The highest BCUT2D eigenvalue weighted by atomic mass is 35.5. The van der Waals surface area contributed by atoms with Gasteiger partial charge in [0.25, 0.3) is 11.8 Å². The Morgan fingerprint density at radius 2 is 1.88 bits per heavy atom. The Morgan fingerprint density at radius 3 is 2.62 bits per heavy atom. The van der Waals surface area contributed by atoms with Crippen LogP contribution in [0.5, 0.6) is 11.5 Å². The van der Waals surface area contributed by atoms with Crippen LogP contribution in [0.3, 0.4) is 0 Å². The molecule has 0 saturated carbocycles. The molecule has 26 heavy (non-hydrogen) atoms. The molecular formula is C19H19ClN2O4. The summed E-state index contributed by atoms with van der Waals surface area (Å²) in [5.41, 5.74) is 1.45. The lowest BCUT2D eigenvalue weighted by molar-refractivity contribution is -0.127. The molecule has 0 spiro atoms. The van der Waals surface area contributed by atoms with Gasteiger partial charge in [-0.3, -0.25) is 9.59 Å². The minimum Gasteiger partial charge on any atom is -0.497 e. The van der Waals surface area contributed by atoms with Crippen LogP contribution in [0.1, 0.15) is 15.9 Å². The summed E-state index contributed by atoms with van der Waals surface area (Å²) in [7, 11) is 1.57. The molecule has 136 valence electrons. The van der Waals surface area contributed by atoms with Crippen molar-refractivity contribution in [2.75, 3.05) is 20.2 Å². The van der Waals surface area contributed by atoms with Gasteiger partial charge in [0.15, 0.2) is 6.10 Å². The highest BCUT2D eigenvalue weighted by molar-refractivity contribution is 6.30. The standard InChI is InChI=1S/C19H19ClN2O4/c1-25-15-5-2-12(3-6-15)18(23)21-8-9-22-19(24)17-11-13-10-14(20)4-7-16(13)26-17/h2-7,10,17H,8-9,11H2,1H3,(H,21,23)(H,22,24). The molecule has 0 fully saturated rings. The van der Waals surface area contributed by atoms with E-state index < -0.39 is 6.10 Å². The maximum absolute atomic E-state index is 12.2. The van der Waals surface area contributed by atoms with Crippen molar-refractivity contribution in [2.24, 2.45) is 0 Å². The van der Waals surface area contributed by atoms with Gasteiger partial charge in [-0.25, -0.2) is 0 Å². The van der Waals surface area contributed by atoms with Gasteiger partial charge in [0.05, 0.1) is 7.11 Å². The fourth-order valence-electron chi connectivity index (χ4n) is 2.68. The Bertz CT molecular complexity index is 808. The molecule has 2 amide bonds. The Kier molecular flexibility index (Phi) is 5.63. The van der Waals surface area contributed by atoms with Crippen LogP contribution in [-0.4, -0.2) is 38.1 Å². The number of halogens is 1. The van der Waals surface area contributed by atoms with E-state index in [1.807, 2.05) is 0 Å². The third-order valence-corrected chi connectivity index (χ3v) is 4.29. The number of ether oxygens (including phenoxy) is 2. The molecule has 1 heterocycles. The van der Waals surface area contributed by atoms with Gasteiger partial charge in [-0.2, -0.15) is 0 Å². The summed E-state index contributed by atoms with van der Waals surface area (Å²) in [5.74, 6) is 0.951. The first-order valence-corrected chi connectivity index (χ1v) is 8.59. The van der Waals surface area contributed by atoms with E-state index in [0.29, 0.717) is 41.6 Å². The highest BCUT2D eigenvalue weighted by Gasteiger charge is 2.28. The molecule has 6 nitrogen and oxygen atoms in total. The van der Waals surface area contributed by atoms with Gasteiger partial charge in [-0.15, -0.1) is 0 Å². The van der Waals surface area contributed by atoms with Crippen LogP contribution < -0.4 is 20.1 Å². The lowest BCUT2D eigenvalue weighted by Gasteiger charge is -2.12. The second-order valence-electron chi connectivity index (χ2n) is 5.84. The number of carbonyl (C=O) groups is 2. The van der Waals surface area contributed by atoms with E-state index in [0.717, 1.165) is 5.56 Å². The summed E-state index contributed by atoms with van der Waals surface area (Å²) in [4.78, 5) is 24.2. The number of amides is 2. The van der Waals surface area contributed by atoms with Crippen molar-refractivity contribution >= 4 is 23.4 Å². The Balaban J connectivity index is 1.41. The van der Waals surface area contributed by atoms with Gasteiger partial charge >= 0.3 is 0 Å². The molecule has 0 aliphatic carbocycles. The fraction of sp³-hybridized carbons (Fsp3) is 0.263. The molecule has 2 aromatic carbocycles. The van der Waals surface area contributed by atoms with Gasteiger partial charge < -0.3 is 20.1 Å². The molecule has 7 heteroatoms. The number of hydrogen-bond acceptors (Lipinski definition) is 4. The molecule has 0 bridgehead atoms. The molecule has 0 radical (unpaired) electrons. The van der Waals surface area contributed by atoms with E-state index in [1.54, 1.807) is 49.6 Å². The first-order valence-electron chi connectivity index (χ1n) is 8.22. The monoisotopic (exact) mass is 374 g/mol. The summed E-state index contributed by atoms with van der Waals surface area (Å²) in [5, 5.41) is 6.14. The Hall–Kier alpha value is -2.73. The smallest absolute Gasteiger partial charge is 0.261 e. The molecule has 2 aromatic rings. The van der Waals surface area contributed by atoms with Crippen LogP contribution in [0.15, 0.2) is 42.5 Å². The van der Waals surface area contributed by atoms with Crippen LogP contribution in [0.25, 0.3) is 0 Å². The Labute approximate surface area is 156 Å². The molecule has 0 saturated heterocycles. The van der Waals surface area contributed by atoms with Crippen molar-refractivity contribution in [2.45, 2.75) is 12.5 Å². The SMILES string of the molecule is COc1ccc(C(=O)NCCNC(=O)C2Cc3cc(Cl)ccc3O2)cc1. The summed E-state index contributed by atoms with van der Waals surface area (Å²) >= 11 is 5.95. The van der Waals surface area contributed by atoms with Gasteiger partial charge in [-0.1, -0.05) is 11.6 Å². The first-order chi connectivity index (χ1) is 12.6. The lowest BCUT2D eigenvalue weighted by atomic mass is 10.1. The molecule has 1 atom stereocenters. The van der Waals surface area contributed by atoms with Crippen LogP contribution in [0.4, 0.5) is 0 Å². The van der Waals surface area contributed by atoms with E-state index in [-0.39, 0.29) is 11.8 Å². The summed E-state index contributed by atoms with van der Waals surface area (Å²) in [6, 6.07) is 12.1. The topological polar surface area (TPSA) is 76.7 Å². The summed E-state index contributed by atoms with van der Waals surface area (Å²) in [6.07, 6.45) is -0.0827. The second kappa shape index (κ2) is 8.10. The van der Waals surface area contributed by atoms with E-state index in [4.69, 9.17) is 21.1 Å². The minimum absolute atomic E-state index is 0.207. The maximum Gasteiger partial charge on any atom is 0.261 e. The molecule has 0 aromatic heterocycles. The summed E-state index contributed by atoms with van der Waals surface area (Å²) < 4.78 is 10.7. The van der Waals surface area contributed by atoms with E-state index >= 15 is 0 Å². The molecule has 3 rings (SSSR count). The van der Waals surface area contributed by atoms with Crippen molar-refractivity contribution in [3.8, 4) is 11.5 Å². The van der Waals surface area contributed by atoms with E-state index in [1.165, 1.54) is 0 Å². The number of benzene rings is 2.